The molecular formula is C15H24N2O5S. The van der Waals surface area contributed by atoms with Crippen molar-refractivity contribution in [1.82, 2.24) is 10.0 Å². The molecule has 1 saturated heterocycles. The summed E-state index contributed by atoms with van der Waals surface area (Å²) in [7, 11) is -0.936. The SMILES string of the molecule is COc1cc(S(=O)(=O)NCC2(O)CCCNC2)c(OC)cc1C. The number of hydrogen-bond acceptors (Lipinski definition) is 6. The van der Waals surface area contributed by atoms with Gasteiger partial charge in [0, 0.05) is 19.2 Å². The number of ether oxygens (including phenoxy) is 2. The lowest BCUT2D eigenvalue weighted by Gasteiger charge is -2.32. The predicted molar refractivity (Wildman–Crippen MR) is 86.5 cm³/mol. The van der Waals surface area contributed by atoms with Crippen LogP contribution in [0.25, 0.3) is 0 Å². The number of methoxy groups -OCH3 is 2. The second kappa shape index (κ2) is 7.04. The van der Waals surface area contributed by atoms with E-state index in [0.717, 1.165) is 18.5 Å². The summed E-state index contributed by atoms with van der Waals surface area (Å²) < 4.78 is 38.0. The van der Waals surface area contributed by atoms with Gasteiger partial charge in [-0.3, -0.25) is 0 Å². The Balaban J connectivity index is 2.25. The third-order valence-electron chi connectivity index (χ3n) is 4.01. The molecule has 1 aromatic rings. The van der Waals surface area contributed by atoms with Gasteiger partial charge in [0.2, 0.25) is 10.0 Å². The van der Waals surface area contributed by atoms with Gasteiger partial charge in [-0.25, -0.2) is 13.1 Å². The zero-order valence-electron chi connectivity index (χ0n) is 13.7. The number of aliphatic hydroxyl groups is 1. The molecule has 1 fully saturated rings. The van der Waals surface area contributed by atoms with E-state index in [1.54, 1.807) is 6.07 Å². The van der Waals surface area contributed by atoms with Crippen LogP contribution in [0.5, 0.6) is 11.5 Å². The monoisotopic (exact) mass is 344 g/mol. The smallest absolute Gasteiger partial charge is 0.244 e. The first-order valence-corrected chi connectivity index (χ1v) is 8.95. The fraction of sp³-hybridized carbons (Fsp3) is 0.600. The Morgan fingerprint density at radius 2 is 2.00 bits per heavy atom. The molecule has 7 nitrogen and oxygen atoms in total. The fourth-order valence-corrected chi connectivity index (χ4v) is 3.93. The molecule has 0 bridgehead atoms. The summed E-state index contributed by atoms with van der Waals surface area (Å²) in [6.45, 7) is 2.95. The first kappa shape index (κ1) is 18.0. The zero-order valence-corrected chi connectivity index (χ0v) is 14.5. The minimum absolute atomic E-state index is 0.00480. The van der Waals surface area contributed by atoms with Crippen LogP contribution in [0.4, 0.5) is 0 Å². The highest BCUT2D eigenvalue weighted by Crippen LogP contribution is 2.31. The molecule has 1 aliphatic rings. The summed E-state index contributed by atoms with van der Waals surface area (Å²) in [4.78, 5) is -0.00480. The van der Waals surface area contributed by atoms with E-state index >= 15 is 0 Å². The second-order valence-electron chi connectivity index (χ2n) is 5.80. The van der Waals surface area contributed by atoms with Crippen LogP contribution in [-0.4, -0.2) is 53.0 Å². The van der Waals surface area contributed by atoms with E-state index in [1.807, 2.05) is 6.92 Å². The highest BCUT2D eigenvalue weighted by molar-refractivity contribution is 7.89. The molecule has 1 aromatic carbocycles. The maximum atomic E-state index is 12.6. The number of piperidine rings is 1. The standard InChI is InChI=1S/C15H24N2O5S/c1-11-7-13(22-3)14(8-12(11)21-2)23(19,20)17-10-15(18)5-4-6-16-9-15/h7-8,16-18H,4-6,9-10H2,1-3H3. The number of benzene rings is 1. The quantitative estimate of drug-likeness (QED) is 0.691. The van der Waals surface area contributed by atoms with E-state index in [0.29, 0.717) is 18.7 Å². The Labute approximate surface area is 137 Å². The molecule has 1 heterocycles. The Hall–Kier alpha value is -1.35. The molecule has 0 spiro atoms. The van der Waals surface area contributed by atoms with E-state index in [9.17, 15) is 13.5 Å². The maximum Gasteiger partial charge on any atom is 0.244 e. The van der Waals surface area contributed by atoms with Crippen molar-refractivity contribution < 1.29 is 23.0 Å². The topological polar surface area (TPSA) is 96.9 Å². The molecule has 1 unspecified atom stereocenters. The van der Waals surface area contributed by atoms with Crippen LogP contribution >= 0.6 is 0 Å². The normalized spacial score (nSPS) is 21.9. The number of rotatable bonds is 6. The van der Waals surface area contributed by atoms with Crippen molar-refractivity contribution in [3.05, 3.63) is 17.7 Å². The van der Waals surface area contributed by atoms with Gasteiger partial charge in [0.25, 0.3) is 0 Å². The van der Waals surface area contributed by atoms with Gasteiger partial charge in [0.15, 0.2) is 0 Å². The number of nitrogens with one attached hydrogen (secondary N) is 2. The highest BCUT2D eigenvalue weighted by Gasteiger charge is 2.32. The minimum atomic E-state index is -3.83. The lowest BCUT2D eigenvalue weighted by atomic mass is 9.95. The van der Waals surface area contributed by atoms with Crippen LogP contribution in [0.3, 0.4) is 0 Å². The van der Waals surface area contributed by atoms with Crippen molar-refractivity contribution in [3.8, 4) is 11.5 Å². The van der Waals surface area contributed by atoms with Crippen LogP contribution in [0.1, 0.15) is 18.4 Å². The summed E-state index contributed by atoms with van der Waals surface area (Å²) in [6.07, 6.45) is 1.36. The van der Waals surface area contributed by atoms with Crippen molar-refractivity contribution in [2.45, 2.75) is 30.3 Å². The zero-order chi connectivity index (χ0) is 17.1. The van der Waals surface area contributed by atoms with E-state index < -0.39 is 15.6 Å². The van der Waals surface area contributed by atoms with Gasteiger partial charge in [-0.1, -0.05) is 0 Å². The summed E-state index contributed by atoms with van der Waals surface area (Å²) in [5.41, 5.74) is -0.300. The van der Waals surface area contributed by atoms with Crippen molar-refractivity contribution in [2.24, 2.45) is 0 Å². The molecule has 2 rings (SSSR count). The van der Waals surface area contributed by atoms with Crippen molar-refractivity contribution in [1.29, 1.82) is 0 Å². The molecule has 0 aromatic heterocycles. The fourth-order valence-electron chi connectivity index (χ4n) is 2.64. The molecule has 0 radical (unpaired) electrons. The predicted octanol–water partition coefficient (Wildman–Crippen LogP) is 0.405. The number of hydrogen-bond donors (Lipinski definition) is 3. The number of aryl methyl sites for hydroxylation is 1. The number of sulfonamides is 1. The van der Waals surface area contributed by atoms with Gasteiger partial charge < -0.3 is 19.9 Å². The first-order valence-electron chi connectivity index (χ1n) is 7.47. The van der Waals surface area contributed by atoms with Gasteiger partial charge in [-0.2, -0.15) is 0 Å². The highest BCUT2D eigenvalue weighted by atomic mass is 32.2. The summed E-state index contributed by atoms with van der Waals surface area (Å²) >= 11 is 0. The van der Waals surface area contributed by atoms with Crippen LogP contribution in [0.2, 0.25) is 0 Å². The van der Waals surface area contributed by atoms with Gasteiger partial charge in [0.1, 0.15) is 16.4 Å². The summed E-state index contributed by atoms with van der Waals surface area (Å²) in [5, 5.41) is 13.5. The summed E-state index contributed by atoms with van der Waals surface area (Å²) in [5.74, 6) is 0.703. The van der Waals surface area contributed by atoms with E-state index in [-0.39, 0.29) is 17.2 Å². The van der Waals surface area contributed by atoms with Gasteiger partial charge in [-0.05, 0) is 37.9 Å². The Kier molecular flexibility index (Phi) is 5.51. The average Bonchev–Trinajstić information content (AvgIpc) is 2.53. The molecule has 0 saturated carbocycles. The maximum absolute atomic E-state index is 12.6. The van der Waals surface area contributed by atoms with Gasteiger partial charge >= 0.3 is 0 Å². The van der Waals surface area contributed by atoms with Crippen LogP contribution in [0, 0.1) is 6.92 Å². The van der Waals surface area contributed by atoms with Crippen molar-refractivity contribution in [2.75, 3.05) is 33.9 Å². The largest absolute Gasteiger partial charge is 0.496 e. The summed E-state index contributed by atoms with van der Waals surface area (Å²) in [6, 6.07) is 3.05. The molecule has 130 valence electrons. The van der Waals surface area contributed by atoms with Gasteiger partial charge in [0.05, 0.1) is 19.8 Å². The Morgan fingerprint density at radius 1 is 1.30 bits per heavy atom. The Morgan fingerprint density at radius 3 is 2.57 bits per heavy atom. The third-order valence-corrected chi connectivity index (χ3v) is 5.43. The third kappa shape index (κ3) is 4.14. The van der Waals surface area contributed by atoms with Crippen LogP contribution < -0.4 is 19.5 Å². The van der Waals surface area contributed by atoms with E-state index in [4.69, 9.17) is 9.47 Å². The van der Waals surface area contributed by atoms with Gasteiger partial charge in [-0.15, -0.1) is 0 Å². The molecule has 0 aliphatic carbocycles. The molecule has 1 aliphatic heterocycles. The second-order valence-corrected chi connectivity index (χ2v) is 7.54. The molecule has 3 N–H and O–H groups in total. The Bertz CT molecular complexity index is 654. The lowest BCUT2D eigenvalue weighted by Crippen LogP contribution is -2.52. The van der Waals surface area contributed by atoms with Crippen molar-refractivity contribution in [3.63, 3.8) is 0 Å². The van der Waals surface area contributed by atoms with Crippen molar-refractivity contribution >= 4 is 10.0 Å². The minimum Gasteiger partial charge on any atom is -0.496 e. The number of β-amino-alcohol motifs (C(OH)–C–C–N with tert-alkyl or cyclic N) is 1. The average molecular weight is 344 g/mol. The van der Waals surface area contributed by atoms with Crippen LogP contribution in [0.15, 0.2) is 17.0 Å². The van der Waals surface area contributed by atoms with E-state index in [2.05, 4.69) is 10.0 Å². The van der Waals surface area contributed by atoms with Crippen LogP contribution in [-0.2, 0) is 10.0 Å². The molecule has 0 amide bonds. The molecule has 1 atom stereocenters. The molecule has 8 heteroatoms. The molecule has 23 heavy (non-hydrogen) atoms. The van der Waals surface area contributed by atoms with E-state index in [1.165, 1.54) is 20.3 Å². The molecular weight excluding hydrogens is 320 g/mol. The lowest BCUT2D eigenvalue weighted by molar-refractivity contribution is 0.0218. The first-order chi connectivity index (χ1) is 10.8.